The van der Waals surface area contributed by atoms with Gasteiger partial charge in [0.05, 0.1) is 7.11 Å². The normalized spacial score (nSPS) is 18.4. The molecule has 5 nitrogen and oxygen atoms in total. The van der Waals surface area contributed by atoms with Crippen LogP contribution in [0.1, 0.15) is 25.3 Å². The smallest absolute Gasteiger partial charge is 0.325 e. The molecule has 1 amide bonds. The summed E-state index contributed by atoms with van der Waals surface area (Å²) in [6, 6.07) is 7.80. The van der Waals surface area contributed by atoms with Crippen LogP contribution in [0.2, 0.25) is 0 Å². The zero-order valence-corrected chi connectivity index (χ0v) is 12.1. The number of methoxy groups -OCH3 is 1. The molecule has 0 saturated carbocycles. The lowest BCUT2D eigenvalue weighted by Crippen LogP contribution is -2.46. The van der Waals surface area contributed by atoms with Crippen molar-refractivity contribution in [2.24, 2.45) is 0 Å². The van der Waals surface area contributed by atoms with Crippen molar-refractivity contribution in [2.45, 2.75) is 25.8 Å². The quantitative estimate of drug-likeness (QED) is 0.842. The van der Waals surface area contributed by atoms with E-state index in [9.17, 15) is 9.59 Å². The molecule has 1 aliphatic heterocycles. The highest BCUT2D eigenvalue weighted by molar-refractivity contribution is 5.88. The lowest BCUT2D eigenvalue weighted by atomic mass is 10.0. The number of hydrogen-bond acceptors (Lipinski definition) is 4. The second-order valence-electron chi connectivity index (χ2n) is 5.08. The second-order valence-corrected chi connectivity index (χ2v) is 5.08. The number of fused-ring (bicyclic) bond motifs is 1. The van der Waals surface area contributed by atoms with Crippen molar-refractivity contribution in [1.82, 2.24) is 5.32 Å². The van der Waals surface area contributed by atoms with Crippen molar-refractivity contribution < 1.29 is 14.3 Å². The van der Waals surface area contributed by atoms with E-state index in [2.05, 4.69) is 27.9 Å². The highest BCUT2D eigenvalue weighted by Crippen LogP contribution is 2.36. The summed E-state index contributed by atoms with van der Waals surface area (Å²) in [6.45, 7) is 4.72. The molecular weight excluding hydrogens is 256 g/mol. The van der Waals surface area contributed by atoms with Gasteiger partial charge in [0, 0.05) is 18.2 Å². The van der Waals surface area contributed by atoms with Gasteiger partial charge in [-0.2, -0.15) is 0 Å². The lowest BCUT2D eigenvalue weighted by Gasteiger charge is -2.26. The first-order valence-corrected chi connectivity index (χ1v) is 6.74. The third-order valence-electron chi connectivity index (χ3n) is 3.73. The van der Waals surface area contributed by atoms with Crippen molar-refractivity contribution in [1.29, 1.82) is 0 Å². The van der Waals surface area contributed by atoms with Gasteiger partial charge in [-0.1, -0.05) is 25.1 Å². The number of nitrogens with one attached hydrogen (secondary N) is 1. The Bertz CT molecular complexity index is 516. The number of hydrogen-bond donors (Lipinski definition) is 1. The molecule has 20 heavy (non-hydrogen) atoms. The van der Waals surface area contributed by atoms with Crippen LogP contribution in [0.5, 0.6) is 0 Å². The van der Waals surface area contributed by atoms with Gasteiger partial charge in [-0.05, 0) is 18.6 Å². The second kappa shape index (κ2) is 5.94. The molecule has 0 radical (unpaired) electrons. The van der Waals surface area contributed by atoms with E-state index in [1.165, 1.54) is 12.7 Å². The number of nitrogens with zero attached hydrogens (tertiary/aromatic N) is 1. The van der Waals surface area contributed by atoms with E-state index in [4.69, 9.17) is 0 Å². The van der Waals surface area contributed by atoms with Gasteiger partial charge in [0.1, 0.15) is 12.6 Å². The molecule has 1 N–H and O–H groups in total. The largest absolute Gasteiger partial charge is 0.468 e. The third kappa shape index (κ3) is 2.76. The Hall–Kier alpha value is -2.04. The zero-order chi connectivity index (χ0) is 14.7. The van der Waals surface area contributed by atoms with Gasteiger partial charge in [-0.25, -0.2) is 0 Å². The van der Waals surface area contributed by atoms with Crippen LogP contribution in [0.15, 0.2) is 24.3 Å². The van der Waals surface area contributed by atoms with Crippen molar-refractivity contribution >= 4 is 17.6 Å². The highest BCUT2D eigenvalue weighted by atomic mass is 16.5. The van der Waals surface area contributed by atoms with Gasteiger partial charge < -0.3 is 15.0 Å². The van der Waals surface area contributed by atoms with E-state index in [-0.39, 0.29) is 18.5 Å². The molecular formula is C15H20N2O3. The molecule has 0 fully saturated rings. The molecule has 1 aromatic rings. The fraction of sp³-hybridized carbons (Fsp3) is 0.467. The van der Waals surface area contributed by atoms with Gasteiger partial charge in [-0.15, -0.1) is 0 Å². The maximum Gasteiger partial charge on any atom is 0.325 e. The minimum atomic E-state index is -0.444. The Kier molecular flexibility index (Phi) is 4.27. The maximum absolute atomic E-state index is 12.1. The van der Waals surface area contributed by atoms with Crippen LogP contribution in [0, 0.1) is 0 Å². The Morgan fingerprint density at radius 1 is 1.45 bits per heavy atom. The predicted molar refractivity (Wildman–Crippen MR) is 76.7 cm³/mol. The van der Waals surface area contributed by atoms with E-state index in [1.807, 2.05) is 25.1 Å². The van der Waals surface area contributed by atoms with Crippen molar-refractivity contribution in [3.63, 3.8) is 0 Å². The number of benzene rings is 1. The first kappa shape index (κ1) is 14.4. The molecule has 2 rings (SSSR count). The summed E-state index contributed by atoms with van der Waals surface area (Å²) in [5, 5.41) is 2.60. The summed E-state index contributed by atoms with van der Waals surface area (Å²) < 4.78 is 4.51. The minimum Gasteiger partial charge on any atom is -0.468 e. The summed E-state index contributed by atoms with van der Waals surface area (Å²) >= 11 is 0. The van der Waals surface area contributed by atoms with Crippen LogP contribution in [-0.4, -0.2) is 38.1 Å². The number of rotatable bonds is 4. The van der Waals surface area contributed by atoms with E-state index in [1.54, 1.807) is 0 Å². The van der Waals surface area contributed by atoms with Crippen molar-refractivity contribution in [3.8, 4) is 0 Å². The highest BCUT2D eigenvalue weighted by Gasteiger charge is 2.31. The average Bonchev–Trinajstić information content (AvgIpc) is 2.81. The van der Waals surface area contributed by atoms with Crippen molar-refractivity contribution in [2.75, 3.05) is 25.1 Å². The third-order valence-corrected chi connectivity index (χ3v) is 3.73. The standard InChI is InChI=1S/C15H20N2O3/c1-10-9-17(13-7-5-4-6-12(10)13)11(2)15(19)16-8-14(18)20-3/h4-7,10-11H,8-9H2,1-3H3,(H,16,19)/t10-,11-/m1/s1. The molecule has 0 saturated heterocycles. The molecule has 1 aromatic carbocycles. The Morgan fingerprint density at radius 2 is 2.15 bits per heavy atom. The van der Waals surface area contributed by atoms with E-state index in [0.29, 0.717) is 5.92 Å². The molecule has 0 aliphatic carbocycles. The minimum absolute atomic E-state index is 0.0925. The first-order chi connectivity index (χ1) is 9.54. The molecule has 2 atom stereocenters. The first-order valence-electron chi connectivity index (χ1n) is 6.74. The summed E-state index contributed by atoms with van der Waals surface area (Å²) in [5.41, 5.74) is 2.36. The number of amides is 1. The molecule has 108 valence electrons. The summed E-state index contributed by atoms with van der Waals surface area (Å²) in [5.74, 6) is -0.206. The van der Waals surface area contributed by atoms with E-state index in [0.717, 1.165) is 12.2 Å². The number of carbonyl (C=O) groups is 2. The van der Waals surface area contributed by atoms with Crippen LogP contribution >= 0.6 is 0 Å². The SMILES string of the molecule is COC(=O)CNC(=O)[C@@H](C)N1C[C@@H](C)c2ccccc21. The predicted octanol–water partition coefficient (Wildman–Crippen LogP) is 1.29. The molecule has 0 bridgehead atoms. The zero-order valence-electron chi connectivity index (χ0n) is 12.1. The molecule has 1 heterocycles. The lowest BCUT2D eigenvalue weighted by molar-refractivity contribution is -0.141. The monoisotopic (exact) mass is 276 g/mol. The number of ether oxygens (including phenoxy) is 1. The maximum atomic E-state index is 12.1. The number of carbonyl (C=O) groups excluding carboxylic acids is 2. The van der Waals surface area contributed by atoms with Crippen LogP contribution < -0.4 is 10.2 Å². The van der Waals surface area contributed by atoms with Crippen LogP contribution in [0.4, 0.5) is 5.69 Å². The van der Waals surface area contributed by atoms with E-state index < -0.39 is 5.97 Å². The van der Waals surface area contributed by atoms with E-state index >= 15 is 0 Å². The number of anilines is 1. The molecule has 1 aliphatic rings. The van der Waals surface area contributed by atoms with Crippen LogP contribution in [0.25, 0.3) is 0 Å². The van der Waals surface area contributed by atoms with Gasteiger partial charge in [0.2, 0.25) is 5.91 Å². The average molecular weight is 276 g/mol. The van der Waals surface area contributed by atoms with Crippen LogP contribution in [0.3, 0.4) is 0 Å². The molecule has 0 spiro atoms. The van der Waals surface area contributed by atoms with Crippen LogP contribution in [-0.2, 0) is 14.3 Å². The number of para-hydroxylation sites is 1. The topological polar surface area (TPSA) is 58.6 Å². The molecule has 0 aromatic heterocycles. The summed E-state index contributed by atoms with van der Waals surface area (Å²) in [4.78, 5) is 25.2. The Morgan fingerprint density at radius 3 is 2.85 bits per heavy atom. The molecule has 5 heteroatoms. The van der Waals surface area contributed by atoms with Gasteiger partial charge in [-0.3, -0.25) is 9.59 Å². The van der Waals surface area contributed by atoms with Gasteiger partial charge >= 0.3 is 5.97 Å². The summed E-state index contributed by atoms with van der Waals surface area (Å²) in [7, 11) is 1.30. The van der Waals surface area contributed by atoms with Gasteiger partial charge in [0.15, 0.2) is 0 Å². The number of esters is 1. The fourth-order valence-corrected chi connectivity index (χ4v) is 2.54. The Balaban J connectivity index is 2.05. The summed E-state index contributed by atoms with van der Waals surface area (Å²) in [6.07, 6.45) is 0. The molecule has 0 unspecified atom stereocenters. The van der Waals surface area contributed by atoms with Crippen molar-refractivity contribution in [3.05, 3.63) is 29.8 Å². The van der Waals surface area contributed by atoms with Gasteiger partial charge in [0.25, 0.3) is 0 Å². The Labute approximate surface area is 118 Å². The fourth-order valence-electron chi connectivity index (χ4n) is 2.54.